The average Bonchev–Trinajstić information content (AvgIpc) is 2.90. The van der Waals surface area contributed by atoms with Crippen LogP contribution in [0.3, 0.4) is 0 Å². The van der Waals surface area contributed by atoms with Gasteiger partial charge in [0.05, 0.1) is 22.6 Å². The summed E-state index contributed by atoms with van der Waals surface area (Å²) in [7, 11) is 1.55. The highest BCUT2D eigenvalue weighted by Crippen LogP contribution is 2.37. The number of phenols is 1. The maximum Gasteiger partial charge on any atom is 0.311 e. The monoisotopic (exact) mass is 388 g/mol. The molecule has 2 aromatic rings. The van der Waals surface area contributed by atoms with Crippen molar-refractivity contribution in [2.24, 2.45) is 0 Å². The fourth-order valence-corrected chi connectivity index (χ4v) is 3.65. The second-order valence-electron chi connectivity index (χ2n) is 5.22. The SMILES string of the molecule is COc1ccc(N2C(=O)/C(=C/c3ccc(O)c([N+](=O)[O-])c3)SC2=S)cc1. The molecule has 1 amide bonds. The third-order valence-corrected chi connectivity index (χ3v) is 4.92. The van der Waals surface area contributed by atoms with Gasteiger partial charge in [0.2, 0.25) is 0 Å². The van der Waals surface area contributed by atoms with Crippen molar-refractivity contribution in [3.63, 3.8) is 0 Å². The Bertz CT molecular complexity index is 941. The van der Waals surface area contributed by atoms with Crippen LogP contribution in [0.4, 0.5) is 11.4 Å². The number of carbonyl (C=O) groups excluding carboxylic acids is 1. The highest BCUT2D eigenvalue weighted by atomic mass is 32.2. The lowest BCUT2D eigenvalue weighted by atomic mass is 10.1. The minimum Gasteiger partial charge on any atom is -0.502 e. The summed E-state index contributed by atoms with van der Waals surface area (Å²) in [6.45, 7) is 0. The molecule has 0 atom stereocenters. The Morgan fingerprint density at radius 1 is 1.27 bits per heavy atom. The molecule has 0 aliphatic carbocycles. The number of thioether (sulfide) groups is 1. The van der Waals surface area contributed by atoms with Crippen LogP contribution in [-0.2, 0) is 4.79 Å². The van der Waals surface area contributed by atoms with Crippen LogP contribution in [0.25, 0.3) is 6.08 Å². The molecule has 1 fully saturated rings. The van der Waals surface area contributed by atoms with Crippen LogP contribution in [0.1, 0.15) is 5.56 Å². The first-order chi connectivity index (χ1) is 12.4. The van der Waals surface area contributed by atoms with Crippen LogP contribution in [0.2, 0.25) is 0 Å². The Kier molecular flexibility index (Phi) is 4.92. The molecule has 132 valence electrons. The lowest BCUT2D eigenvalue weighted by Gasteiger charge is -2.14. The van der Waals surface area contributed by atoms with Gasteiger partial charge in [0.1, 0.15) is 5.75 Å². The Balaban J connectivity index is 1.92. The number of nitrogens with zero attached hydrogens (tertiary/aromatic N) is 2. The Hall–Kier alpha value is -2.91. The van der Waals surface area contributed by atoms with Crippen molar-refractivity contribution in [1.82, 2.24) is 0 Å². The highest BCUT2D eigenvalue weighted by Gasteiger charge is 2.33. The van der Waals surface area contributed by atoms with Crippen LogP contribution in [-0.4, -0.2) is 27.4 Å². The number of anilines is 1. The fourth-order valence-electron chi connectivity index (χ4n) is 2.35. The minimum atomic E-state index is -0.685. The summed E-state index contributed by atoms with van der Waals surface area (Å²) in [5.74, 6) is -0.0926. The van der Waals surface area contributed by atoms with E-state index in [-0.39, 0.29) is 5.91 Å². The van der Waals surface area contributed by atoms with E-state index >= 15 is 0 Å². The third kappa shape index (κ3) is 3.39. The summed E-state index contributed by atoms with van der Waals surface area (Å²) in [6, 6.07) is 10.8. The van der Waals surface area contributed by atoms with Gasteiger partial charge in [-0.15, -0.1) is 0 Å². The second kappa shape index (κ2) is 7.14. The van der Waals surface area contributed by atoms with Crippen LogP contribution in [0.5, 0.6) is 11.5 Å². The van der Waals surface area contributed by atoms with Gasteiger partial charge < -0.3 is 9.84 Å². The first-order valence-corrected chi connectivity index (χ1v) is 8.52. The largest absolute Gasteiger partial charge is 0.502 e. The summed E-state index contributed by atoms with van der Waals surface area (Å²) < 4.78 is 5.46. The van der Waals surface area contributed by atoms with Crippen LogP contribution in [0, 0.1) is 10.1 Å². The number of nitro groups is 1. The van der Waals surface area contributed by atoms with Gasteiger partial charge in [0, 0.05) is 6.07 Å². The molecule has 0 aromatic heterocycles. The number of nitro benzene ring substituents is 1. The van der Waals surface area contributed by atoms with E-state index in [1.807, 2.05) is 0 Å². The molecule has 0 spiro atoms. The molecule has 1 heterocycles. The number of hydrogen-bond acceptors (Lipinski definition) is 7. The van der Waals surface area contributed by atoms with Crippen LogP contribution in [0.15, 0.2) is 47.4 Å². The lowest BCUT2D eigenvalue weighted by molar-refractivity contribution is -0.385. The molecule has 0 unspecified atom stereocenters. The highest BCUT2D eigenvalue weighted by molar-refractivity contribution is 8.27. The van der Waals surface area contributed by atoms with E-state index in [0.717, 1.165) is 11.8 Å². The van der Waals surface area contributed by atoms with Gasteiger partial charge in [-0.3, -0.25) is 19.8 Å². The van der Waals surface area contributed by atoms with Gasteiger partial charge in [-0.25, -0.2) is 0 Å². The Morgan fingerprint density at radius 2 is 1.96 bits per heavy atom. The Labute approximate surface area is 158 Å². The zero-order chi connectivity index (χ0) is 18.8. The van der Waals surface area contributed by atoms with E-state index in [1.165, 1.54) is 29.2 Å². The predicted molar refractivity (Wildman–Crippen MR) is 103 cm³/mol. The average molecular weight is 388 g/mol. The van der Waals surface area contributed by atoms with Crippen molar-refractivity contribution in [1.29, 1.82) is 0 Å². The van der Waals surface area contributed by atoms with Crippen molar-refractivity contribution >= 4 is 51.7 Å². The second-order valence-corrected chi connectivity index (χ2v) is 6.90. The maximum absolute atomic E-state index is 12.7. The van der Waals surface area contributed by atoms with Crippen molar-refractivity contribution in [2.75, 3.05) is 12.0 Å². The molecule has 1 aliphatic rings. The van der Waals surface area contributed by atoms with E-state index in [4.69, 9.17) is 17.0 Å². The van der Waals surface area contributed by atoms with Gasteiger partial charge in [-0.1, -0.05) is 30.0 Å². The molecule has 0 saturated carbocycles. The molecule has 2 aromatic carbocycles. The van der Waals surface area contributed by atoms with Gasteiger partial charge in [-0.2, -0.15) is 0 Å². The summed E-state index contributed by atoms with van der Waals surface area (Å²) in [4.78, 5) is 24.7. The molecule has 1 aliphatic heterocycles. The summed E-state index contributed by atoms with van der Waals surface area (Å²) in [5, 5.41) is 20.5. The first-order valence-electron chi connectivity index (χ1n) is 7.30. The molecule has 7 nitrogen and oxygen atoms in total. The molecule has 0 radical (unpaired) electrons. The van der Waals surface area contributed by atoms with E-state index in [1.54, 1.807) is 31.4 Å². The zero-order valence-electron chi connectivity index (χ0n) is 13.4. The Morgan fingerprint density at radius 3 is 2.58 bits per heavy atom. The summed E-state index contributed by atoms with van der Waals surface area (Å²) >= 11 is 6.40. The lowest BCUT2D eigenvalue weighted by Crippen LogP contribution is -2.27. The first kappa shape index (κ1) is 17.9. The fraction of sp³-hybridized carbons (Fsp3) is 0.0588. The van der Waals surface area contributed by atoms with E-state index in [9.17, 15) is 20.0 Å². The molecule has 26 heavy (non-hydrogen) atoms. The smallest absolute Gasteiger partial charge is 0.311 e. The number of carbonyl (C=O) groups is 1. The van der Waals surface area contributed by atoms with Crippen molar-refractivity contribution in [2.45, 2.75) is 0 Å². The van der Waals surface area contributed by atoms with E-state index in [2.05, 4.69) is 0 Å². The molecule has 9 heteroatoms. The maximum atomic E-state index is 12.7. The quantitative estimate of drug-likeness (QED) is 0.369. The number of amides is 1. The number of aromatic hydroxyl groups is 1. The van der Waals surface area contributed by atoms with Gasteiger partial charge in [0.25, 0.3) is 5.91 Å². The zero-order valence-corrected chi connectivity index (χ0v) is 15.0. The molecular weight excluding hydrogens is 376 g/mol. The molecule has 3 rings (SSSR count). The third-order valence-electron chi connectivity index (χ3n) is 3.62. The number of hydrogen-bond donors (Lipinski definition) is 1. The topological polar surface area (TPSA) is 92.9 Å². The minimum absolute atomic E-state index is 0.319. The molecular formula is C17H12N2O5S2. The number of methoxy groups -OCH3 is 1. The van der Waals surface area contributed by atoms with Crippen LogP contribution < -0.4 is 9.64 Å². The van der Waals surface area contributed by atoms with Gasteiger partial charge >= 0.3 is 5.69 Å². The number of ether oxygens (including phenoxy) is 1. The molecule has 1 N–H and O–H groups in total. The van der Waals surface area contributed by atoms with Gasteiger partial charge in [-0.05, 0) is 42.0 Å². The molecule has 0 bridgehead atoms. The van der Waals surface area contributed by atoms with E-state index < -0.39 is 16.4 Å². The normalized spacial score (nSPS) is 15.6. The number of thiocarbonyl (C=S) groups is 1. The molecule has 1 saturated heterocycles. The standard InChI is InChI=1S/C17H12N2O5S2/c1-24-12-5-3-11(4-6-12)18-16(21)15(26-17(18)25)9-10-2-7-14(20)13(8-10)19(22)23/h2-9,20H,1H3/b15-9-. The van der Waals surface area contributed by atoms with Crippen molar-refractivity contribution in [3.05, 3.63) is 63.0 Å². The summed E-state index contributed by atoms with van der Waals surface area (Å²) in [5.41, 5.74) is 0.600. The van der Waals surface area contributed by atoms with Crippen LogP contribution >= 0.6 is 24.0 Å². The summed E-state index contributed by atoms with van der Waals surface area (Å²) in [6.07, 6.45) is 1.51. The van der Waals surface area contributed by atoms with Crippen molar-refractivity contribution in [3.8, 4) is 11.5 Å². The predicted octanol–water partition coefficient (Wildman–Crippen LogP) is 3.71. The van der Waals surface area contributed by atoms with Gasteiger partial charge in [0.15, 0.2) is 10.1 Å². The number of benzene rings is 2. The van der Waals surface area contributed by atoms with E-state index in [0.29, 0.717) is 26.2 Å². The van der Waals surface area contributed by atoms with Crippen molar-refractivity contribution < 1.29 is 19.6 Å². The number of rotatable bonds is 4. The number of phenolic OH excluding ortho intramolecular Hbond substituents is 1.